The molecule has 0 unspecified atom stereocenters. The summed E-state index contributed by atoms with van der Waals surface area (Å²) in [6.07, 6.45) is 5.52. The summed E-state index contributed by atoms with van der Waals surface area (Å²) in [5.74, 6) is -0.195. The number of pyridine rings is 1. The highest BCUT2D eigenvalue weighted by molar-refractivity contribution is 5.72. The second-order valence-corrected chi connectivity index (χ2v) is 5.57. The van der Waals surface area contributed by atoms with Gasteiger partial charge in [0.2, 0.25) is 0 Å². The standard InChI is InChI=1S/C14H24N2O2/c1-16(2,3)10-6-9-15-8-5-7-13(12-15)11-14(17)18-4/h5,7-8,12H,6,9-11H2,1-4H3/q+2. The molecule has 0 bridgehead atoms. The molecular weight excluding hydrogens is 228 g/mol. The van der Waals surface area contributed by atoms with Crippen molar-refractivity contribution in [3.8, 4) is 0 Å². The summed E-state index contributed by atoms with van der Waals surface area (Å²) in [5.41, 5.74) is 0.995. The van der Waals surface area contributed by atoms with Gasteiger partial charge in [-0.1, -0.05) is 0 Å². The van der Waals surface area contributed by atoms with Gasteiger partial charge in [0.25, 0.3) is 0 Å². The fourth-order valence-electron chi connectivity index (χ4n) is 1.79. The first-order chi connectivity index (χ1) is 8.40. The zero-order chi connectivity index (χ0) is 13.6. The molecule has 0 saturated carbocycles. The van der Waals surface area contributed by atoms with Gasteiger partial charge in [-0.05, 0) is 6.07 Å². The fraction of sp³-hybridized carbons (Fsp3) is 0.571. The van der Waals surface area contributed by atoms with Gasteiger partial charge in [-0.3, -0.25) is 4.79 Å². The second-order valence-electron chi connectivity index (χ2n) is 5.57. The smallest absolute Gasteiger partial charge is 0.310 e. The predicted octanol–water partition coefficient (Wildman–Crippen LogP) is 0.786. The molecule has 1 rings (SSSR count). The van der Waals surface area contributed by atoms with Crippen LogP contribution in [0.25, 0.3) is 0 Å². The van der Waals surface area contributed by atoms with Crippen molar-refractivity contribution in [3.05, 3.63) is 30.1 Å². The van der Waals surface area contributed by atoms with Crippen LogP contribution in [0.3, 0.4) is 0 Å². The van der Waals surface area contributed by atoms with Crippen molar-refractivity contribution >= 4 is 5.97 Å². The van der Waals surface area contributed by atoms with Crippen molar-refractivity contribution in [1.29, 1.82) is 0 Å². The van der Waals surface area contributed by atoms with Gasteiger partial charge < -0.3 is 9.22 Å². The van der Waals surface area contributed by atoms with Crippen LogP contribution in [-0.2, 0) is 22.5 Å². The summed E-state index contributed by atoms with van der Waals surface area (Å²) in [7, 11) is 8.00. The van der Waals surface area contributed by atoms with Crippen molar-refractivity contribution in [2.45, 2.75) is 19.4 Å². The zero-order valence-electron chi connectivity index (χ0n) is 11.8. The maximum atomic E-state index is 11.2. The summed E-state index contributed by atoms with van der Waals surface area (Å²) in [6, 6.07) is 3.93. The molecule has 100 valence electrons. The van der Waals surface area contributed by atoms with E-state index in [0.717, 1.165) is 29.6 Å². The Bertz CT molecular complexity index is 397. The van der Waals surface area contributed by atoms with E-state index in [-0.39, 0.29) is 5.97 Å². The molecule has 0 N–H and O–H groups in total. The van der Waals surface area contributed by atoms with Crippen LogP contribution in [0.4, 0.5) is 0 Å². The molecule has 18 heavy (non-hydrogen) atoms. The second kappa shape index (κ2) is 6.50. The third-order valence-corrected chi connectivity index (χ3v) is 2.74. The van der Waals surface area contributed by atoms with Crippen molar-refractivity contribution in [2.75, 3.05) is 34.8 Å². The highest BCUT2D eigenvalue weighted by atomic mass is 16.5. The van der Waals surface area contributed by atoms with Gasteiger partial charge >= 0.3 is 5.97 Å². The SMILES string of the molecule is COC(=O)Cc1ccc[n+](CCC[N+](C)(C)C)c1. The van der Waals surface area contributed by atoms with Gasteiger partial charge in [-0.2, -0.15) is 0 Å². The lowest BCUT2D eigenvalue weighted by molar-refractivity contribution is -0.873. The topological polar surface area (TPSA) is 30.2 Å². The third kappa shape index (κ3) is 5.77. The molecule has 4 heteroatoms. The molecule has 0 aliphatic carbocycles. The first-order valence-corrected chi connectivity index (χ1v) is 6.26. The minimum absolute atomic E-state index is 0.195. The molecule has 0 radical (unpaired) electrons. The number of hydrogen-bond donors (Lipinski definition) is 0. The number of rotatable bonds is 6. The van der Waals surface area contributed by atoms with E-state index < -0.39 is 0 Å². The number of aryl methyl sites for hydroxylation is 1. The zero-order valence-corrected chi connectivity index (χ0v) is 11.8. The average Bonchev–Trinajstić information content (AvgIpc) is 2.27. The number of hydrogen-bond acceptors (Lipinski definition) is 2. The van der Waals surface area contributed by atoms with Crippen LogP contribution in [0.1, 0.15) is 12.0 Å². The van der Waals surface area contributed by atoms with Gasteiger partial charge in [-0.15, -0.1) is 0 Å². The Kier molecular flexibility index (Phi) is 5.28. The molecule has 0 spiro atoms. The molecule has 0 aliphatic heterocycles. The number of methoxy groups -OCH3 is 1. The van der Waals surface area contributed by atoms with E-state index in [2.05, 4.69) is 30.4 Å². The van der Waals surface area contributed by atoms with E-state index in [1.807, 2.05) is 24.5 Å². The summed E-state index contributed by atoms with van der Waals surface area (Å²) >= 11 is 0. The van der Waals surface area contributed by atoms with E-state index in [4.69, 9.17) is 0 Å². The number of aromatic nitrogens is 1. The van der Waals surface area contributed by atoms with Crippen LogP contribution in [0.2, 0.25) is 0 Å². The molecule has 0 amide bonds. The number of esters is 1. The van der Waals surface area contributed by atoms with Crippen LogP contribution >= 0.6 is 0 Å². The maximum absolute atomic E-state index is 11.2. The quantitative estimate of drug-likeness (QED) is 0.425. The maximum Gasteiger partial charge on any atom is 0.310 e. The fourth-order valence-corrected chi connectivity index (χ4v) is 1.79. The van der Waals surface area contributed by atoms with E-state index >= 15 is 0 Å². The van der Waals surface area contributed by atoms with Crippen molar-refractivity contribution in [2.24, 2.45) is 0 Å². The first kappa shape index (κ1) is 14.6. The van der Waals surface area contributed by atoms with Gasteiger partial charge in [-0.25, -0.2) is 4.57 Å². The first-order valence-electron chi connectivity index (χ1n) is 6.26. The molecule has 4 nitrogen and oxygen atoms in total. The Labute approximate surface area is 109 Å². The Morgan fingerprint density at radius 2 is 2.11 bits per heavy atom. The summed E-state index contributed by atoms with van der Waals surface area (Å²) in [4.78, 5) is 11.2. The Morgan fingerprint density at radius 1 is 1.39 bits per heavy atom. The molecule has 0 saturated heterocycles. The lowest BCUT2D eigenvalue weighted by atomic mass is 10.2. The molecule has 1 aromatic heterocycles. The molecule has 0 fully saturated rings. The predicted molar refractivity (Wildman–Crippen MR) is 69.9 cm³/mol. The number of quaternary nitrogens is 1. The van der Waals surface area contributed by atoms with Crippen LogP contribution in [-0.4, -0.2) is 45.2 Å². The molecule has 0 aliphatic rings. The van der Waals surface area contributed by atoms with E-state index in [1.165, 1.54) is 7.11 Å². The van der Waals surface area contributed by atoms with E-state index in [1.54, 1.807) is 0 Å². The summed E-state index contributed by atoms with van der Waals surface area (Å²) in [6.45, 7) is 2.11. The molecule has 1 aromatic rings. The molecule has 0 aromatic carbocycles. The summed E-state index contributed by atoms with van der Waals surface area (Å²) in [5, 5.41) is 0. The highest BCUT2D eigenvalue weighted by Crippen LogP contribution is 1.98. The summed E-state index contributed by atoms with van der Waals surface area (Å²) < 4.78 is 7.78. The Morgan fingerprint density at radius 3 is 2.72 bits per heavy atom. The van der Waals surface area contributed by atoms with Crippen molar-refractivity contribution in [1.82, 2.24) is 0 Å². The van der Waals surface area contributed by atoms with Gasteiger partial charge in [0.1, 0.15) is 0 Å². The monoisotopic (exact) mass is 252 g/mol. The minimum atomic E-state index is -0.195. The van der Waals surface area contributed by atoms with Crippen LogP contribution in [0, 0.1) is 0 Å². The number of carbonyl (C=O) groups is 1. The van der Waals surface area contributed by atoms with Crippen molar-refractivity contribution in [3.63, 3.8) is 0 Å². The van der Waals surface area contributed by atoms with Crippen LogP contribution in [0.15, 0.2) is 24.5 Å². The average molecular weight is 252 g/mol. The normalized spacial score (nSPS) is 11.3. The van der Waals surface area contributed by atoms with Crippen molar-refractivity contribution < 1.29 is 18.6 Å². The molecule has 0 atom stereocenters. The minimum Gasteiger partial charge on any atom is -0.469 e. The van der Waals surface area contributed by atoms with Crippen LogP contribution < -0.4 is 4.57 Å². The number of carbonyl (C=O) groups excluding carboxylic acids is 1. The Balaban J connectivity index is 2.52. The third-order valence-electron chi connectivity index (χ3n) is 2.74. The van der Waals surface area contributed by atoms with E-state index in [9.17, 15) is 4.79 Å². The number of ether oxygens (including phenoxy) is 1. The van der Waals surface area contributed by atoms with Gasteiger partial charge in [0.05, 0.1) is 47.6 Å². The van der Waals surface area contributed by atoms with Gasteiger partial charge in [0.15, 0.2) is 18.9 Å². The molecule has 1 heterocycles. The van der Waals surface area contributed by atoms with Crippen LogP contribution in [0.5, 0.6) is 0 Å². The lowest BCUT2D eigenvalue weighted by Gasteiger charge is -2.22. The highest BCUT2D eigenvalue weighted by Gasteiger charge is 2.10. The Hall–Kier alpha value is -1.42. The van der Waals surface area contributed by atoms with E-state index in [0.29, 0.717) is 6.42 Å². The largest absolute Gasteiger partial charge is 0.469 e. The lowest BCUT2D eigenvalue weighted by Crippen LogP contribution is -2.40. The number of nitrogens with zero attached hydrogens (tertiary/aromatic N) is 2. The molecular formula is C14H24N2O2+2. The van der Waals surface area contributed by atoms with Gasteiger partial charge in [0, 0.05) is 11.6 Å².